The molecule has 20 heavy (non-hydrogen) atoms. The zero-order chi connectivity index (χ0) is 14.4. The van der Waals surface area contributed by atoms with Crippen molar-refractivity contribution in [3.63, 3.8) is 0 Å². The number of aliphatic hydroxyl groups excluding tert-OH is 1. The number of halogens is 2. The second-order valence-corrected chi connectivity index (χ2v) is 5.24. The summed E-state index contributed by atoms with van der Waals surface area (Å²) in [6, 6.07) is 3.14. The SMILES string of the molecule is OC(CNCCC1=CCCCC1)c1cc(F)ccc1F. The van der Waals surface area contributed by atoms with Crippen molar-refractivity contribution in [1.82, 2.24) is 5.32 Å². The minimum absolute atomic E-state index is 0.00869. The van der Waals surface area contributed by atoms with Crippen LogP contribution < -0.4 is 5.32 Å². The first-order chi connectivity index (χ1) is 9.66. The molecular formula is C16H21F2NO. The van der Waals surface area contributed by atoms with Gasteiger partial charge in [-0.2, -0.15) is 0 Å². The van der Waals surface area contributed by atoms with Crippen LogP contribution in [0.25, 0.3) is 0 Å². The zero-order valence-corrected chi connectivity index (χ0v) is 11.5. The summed E-state index contributed by atoms with van der Waals surface area (Å²) in [5.41, 5.74) is 1.46. The fourth-order valence-electron chi connectivity index (χ4n) is 2.50. The number of rotatable bonds is 6. The summed E-state index contributed by atoms with van der Waals surface area (Å²) >= 11 is 0. The van der Waals surface area contributed by atoms with E-state index in [1.165, 1.54) is 18.4 Å². The Morgan fingerprint density at radius 2 is 2.10 bits per heavy atom. The van der Waals surface area contributed by atoms with Gasteiger partial charge in [0.1, 0.15) is 11.6 Å². The lowest BCUT2D eigenvalue weighted by Crippen LogP contribution is -2.23. The molecule has 2 nitrogen and oxygen atoms in total. The number of allylic oxidation sites excluding steroid dienone is 1. The Kier molecular flexibility index (Phi) is 5.68. The topological polar surface area (TPSA) is 32.3 Å². The molecule has 2 N–H and O–H groups in total. The van der Waals surface area contributed by atoms with Gasteiger partial charge in [-0.15, -0.1) is 0 Å². The van der Waals surface area contributed by atoms with Gasteiger partial charge in [0, 0.05) is 12.1 Å². The molecule has 1 aromatic carbocycles. The lowest BCUT2D eigenvalue weighted by atomic mass is 9.97. The van der Waals surface area contributed by atoms with E-state index in [1.54, 1.807) is 0 Å². The predicted octanol–water partition coefficient (Wildman–Crippen LogP) is 3.48. The van der Waals surface area contributed by atoms with E-state index in [0.29, 0.717) is 0 Å². The maximum atomic E-state index is 13.5. The van der Waals surface area contributed by atoms with Crippen molar-refractivity contribution in [2.75, 3.05) is 13.1 Å². The van der Waals surface area contributed by atoms with Crippen LogP contribution in [0.15, 0.2) is 29.8 Å². The molecule has 0 saturated carbocycles. The molecule has 0 aliphatic heterocycles. The Morgan fingerprint density at radius 3 is 2.85 bits per heavy atom. The average Bonchev–Trinajstić information content (AvgIpc) is 2.47. The van der Waals surface area contributed by atoms with Gasteiger partial charge in [-0.1, -0.05) is 11.6 Å². The smallest absolute Gasteiger partial charge is 0.129 e. The van der Waals surface area contributed by atoms with Crippen molar-refractivity contribution in [2.45, 2.75) is 38.2 Å². The summed E-state index contributed by atoms with van der Waals surface area (Å²) in [6.45, 7) is 0.980. The molecule has 0 radical (unpaired) electrons. The second-order valence-electron chi connectivity index (χ2n) is 5.24. The minimum Gasteiger partial charge on any atom is -0.387 e. The van der Waals surface area contributed by atoms with Crippen LogP contribution in [0.4, 0.5) is 8.78 Å². The van der Waals surface area contributed by atoms with Gasteiger partial charge >= 0.3 is 0 Å². The first kappa shape index (κ1) is 15.1. The summed E-state index contributed by atoms with van der Waals surface area (Å²) in [5.74, 6) is -1.11. The van der Waals surface area contributed by atoms with Crippen LogP contribution >= 0.6 is 0 Å². The van der Waals surface area contributed by atoms with E-state index < -0.39 is 17.7 Å². The van der Waals surface area contributed by atoms with Crippen LogP contribution in [0, 0.1) is 11.6 Å². The molecular weight excluding hydrogens is 260 g/mol. The molecule has 110 valence electrons. The van der Waals surface area contributed by atoms with Crippen LogP contribution in [0.2, 0.25) is 0 Å². The van der Waals surface area contributed by atoms with Crippen molar-refractivity contribution < 1.29 is 13.9 Å². The van der Waals surface area contributed by atoms with Crippen LogP contribution in [0.5, 0.6) is 0 Å². The van der Waals surface area contributed by atoms with Gasteiger partial charge in [0.15, 0.2) is 0 Å². The van der Waals surface area contributed by atoms with Gasteiger partial charge in [-0.3, -0.25) is 0 Å². The lowest BCUT2D eigenvalue weighted by molar-refractivity contribution is 0.170. The Labute approximate surface area is 118 Å². The van der Waals surface area contributed by atoms with E-state index in [0.717, 1.165) is 44.0 Å². The Morgan fingerprint density at radius 1 is 1.25 bits per heavy atom. The Bertz CT molecular complexity index is 474. The summed E-state index contributed by atoms with van der Waals surface area (Å²) in [5, 5.41) is 13.0. The molecule has 0 spiro atoms. The van der Waals surface area contributed by atoms with E-state index in [4.69, 9.17) is 0 Å². The van der Waals surface area contributed by atoms with Crippen LogP contribution in [-0.4, -0.2) is 18.2 Å². The van der Waals surface area contributed by atoms with Crippen molar-refractivity contribution in [3.8, 4) is 0 Å². The van der Waals surface area contributed by atoms with E-state index in [1.807, 2.05) is 0 Å². The van der Waals surface area contributed by atoms with Crippen LogP contribution in [0.1, 0.15) is 43.8 Å². The standard InChI is InChI=1S/C16H21F2NO/c17-13-6-7-15(18)14(10-13)16(20)11-19-9-8-12-4-2-1-3-5-12/h4,6-7,10,16,19-20H,1-3,5,8-9,11H2. The lowest BCUT2D eigenvalue weighted by Gasteiger charge is -2.15. The third-order valence-corrected chi connectivity index (χ3v) is 3.66. The molecule has 0 aromatic heterocycles. The maximum absolute atomic E-state index is 13.5. The Balaban J connectivity index is 1.76. The highest BCUT2D eigenvalue weighted by molar-refractivity contribution is 5.21. The highest BCUT2D eigenvalue weighted by Gasteiger charge is 2.13. The highest BCUT2D eigenvalue weighted by atomic mass is 19.1. The number of hydrogen-bond acceptors (Lipinski definition) is 2. The monoisotopic (exact) mass is 281 g/mol. The zero-order valence-electron chi connectivity index (χ0n) is 11.5. The number of hydrogen-bond donors (Lipinski definition) is 2. The molecule has 0 fully saturated rings. The molecule has 1 aromatic rings. The van der Waals surface area contributed by atoms with Crippen molar-refractivity contribution >= 4 is 0 Å². The van der Waals surface area contributed by atoms with Gasteiger partial charge < -0.3 is 10.4 Å². The van der Waals surface area contributed by atoms with E-state index in [-0.39, 0.29) is 12.1 Å². The van der Waals surface area contributed by atoms with Crippen LogP contribution in [0.3, 0.4) is 0 Å². The van der Waals surface area contributed by atoms with Gasteiger partial charge in [0.2, 0.25) is 0 Å². The number of benzene rings is 1. The van der Waals surface area contributed by atoms with Crippen molar-refractivity contribution in [3.05, 3.63) is 47.0 Å². The van der Waals surface area contributed by atoms with Gasteiger partial charge in [0.25, 0.3) is 0 Å². The normalized spacial score (nSPS) is 16.9. The third kappa shape index (κ3) is 4.39. The first-order valence-corrected chi connectivity index (χ1v) is 7.18. The predicted molar refractivity (Wildman–Crippen MR) is 75.4 cm³/mol. The van der Waals surface area contributed by atoms with E-state index in [9.17, 15) is 13.9 Å². The number of nitrogens with one attached hydrogen (secondary N) is 1. The van der Waals surface area contributed by atoms with E-state index >= 15 is 0 Å². The summed E-state index contributed by atoms with van der Waals surface area (Å²) in [6.07, 6.45) is 7.06. The summed E-state index contributed by atoms with van der Waals surface area (Å²) in [4.78, 5) is 0. The highest BCUT2D eigenvalue weighted by Crippen LogP contribution is 2.20. The molecule has 2 rings (SSSR count). The molecule has 0 amide bonds. The van der Waals surface area contributed by atoms with Gasteiger partial charge in [-0.25, -0.2) is 8.78 Å². The minimum atomic E-state index is -1.02. The number of aliphatic hydroxyl groups is 1. The molecule has 1 unspecified atom stereocenters. The third-order valence-electron chi connectivity index (χ3n) is 3.66. The van der Waals surface area contributed by atoms with Gasteiger partial charge in [0.05, 0.1) is 6.10 Å². The fourth-order valence-corrected chi connectivity index (χ4v) is 2.50. The quantitative estimate of drug-likeness (QED) is 0.618. The van der Waals surface area contributed by atoms with Crippen LogP contribution in [-0.2, 0) is 0 Å². The summed E-state index contributed by atoms with van der Waals surface area (Å²) < 4.78 is 26.5. The summed E-state index contributed by atoms with van der Waals surface area (Å²) in [7, 11) is 0. The average molecular weight is 281 g/mol. The van der Waals surface area contributed by atoms with E-state index in [2.05, 4.69) is 11.4 Å². The maximum Gasteiger partial charge on any atom is 0.129 e. The second kappa shape index (κ2) is 7.50. The molecule has 1 aliphatic rings. The fraction of sp³-hybridized carbons (Fsp3) is 0.500. The van der Waals surface area contributed by atoms with Crippen molar-refractivity contribution in [1.29, 1.82) is 0 Å². The largest absolute Gasteiger partial charge is 0.387 e. The molecule has 1 aliphatic carbocycles. The molecule has 0 heterocycles. The molecule has 0 bridgehead atoms. The molecule has 0 saturated heterocycles. The van der Waals surface area contributed by atoms with Crippen molar-refractivity contribution in [2.24, 2.45) is 0 Å². The molecule has 1 atom stereocenters. The Hall–Kier alpha value is -1.26. The molecule has 4 heteroatoms. The van der Waals surface area contributed by atoms with Gasteiger partial charge in [-0.05, 0) is 56.8 Å². The first-order valence-electron chi connectivity index (χ1n) is 7.18.